The third-order valence-corrected chi connectivity index (χ3v) is 7.06. The summed E-state index contributed by atoms with van der Waals surface area (Å²) in [5.41, 5.74) is 1.89. The molecular weight excluding hydrogens is 460 g/mol. The first-order valence-electron chi connectivity index (χ1n) is 12.0. The number of halogens is 3. The first-order valence-corrected chi connectivity index (χ1v) is 12.4. The van der Waals surface area contributed by atoms with E-state index in [-0.39, 0.29) is 37.0 Å². The predicted molar refractivity (Wildman–Crippen MR) is 127 cm³/mol. The van der Waals surface area contributed by atoms with Crippen molar-refractivity contribution in [3.05, 3.63) is 41.0 Å². The van der Waals surface area contributed by atoms with E-state index in [9.17, 15) is 18.8 Å². The molecule has 0 radical (unpaired) electrons. The maximum atomic E-state index is 13.7. The van der Waals surface area contributed by atoms with Crippen LogP contribution in [0.2, 0.25) is 5.02 Å². The lowest BCUT2D eigenvalue weighted by Crippen LogP contribution is -2.45. The van der Waals surface area contributed by atoms with Crippen LogP contribution in [0.25, 0.3) is 11.3 Å². The van der Waals surface area contributed by atoms with Crippen LogP contribution in [0.3, 0.4) is 0 Å². The van der Waals surface area contributed by atoms with Crippen molar-refractivity contribution in [2.45, 2.75) is 69.4 Å². The number of nitrogens with one attached hydrogen (secondary N) is 1. The fourth-order valence-corrected chi connectivity index (χ4v) is 5.21. The Balaban J connectivity index is 1.49. The summed E-state index contributed by atoms with van der Waals surface area (Å²) < 4.78 is 29.3. The molecule has 1 amide bonds. The fraction of sp³-hybridized carbons (Fsp3) is 0.560. The Labute approximate surface area is 203 Å². The van der Waals surface area contributed by atoms with Crippen LogP contribution in [0.5, 0.6) is 0 Å². The molecule has 34 heavy (non-hydrogen) atoms. The number of amides is 1. The van der Waals surface area contributed by atoms with Gasteiger partial charge in [0.25, 0.3) is 11.8 Å². The Morgan fingerprint density at radius 2 is 2.06 bits per heavy atom. The molecule has 2 aromatic rings. The van der Waals surface area contributed by atoms with Crippen molar-refractivity contribution >= 4 is 17.5 Å². The van der Waals surface area contributed by atoms with E-state index in [4.69, 9.17) is 11.6 Å². The number of alkyl halides is 2. The molecule has 0 bridgehead atoms. The van der Waals surface area contributed by atoms with Gasteiger partial charge in [0, 0.05) is 29.6 Å². The summed E-state index contributed by atoms with van der Waals surface area (Å²) in [6.45, 7) is 0.743. The van der Waals surface area contributed by atoms with Crippen molar-refractivity contribution in [2.75, 3.05) is 19.6 Å². The third-order valence-electron chi connectivity index (χ3n) is 6.73. The van der Waals surface area contributed by atoms with E-state index in [1.165, 1.54) is 0 Å². The molecule has 1 unspecified atom stereocenters. The summed E-state index contributed by atoms with van der Waals surface area (Å²) in [7, 11) is 0. The van der Waals surface area contributed by atoms with E-state index in [0.29, 0.717) is 31.0 Å². The predicted octanol–water partition coefficient (Wildman–Crippen LogP) is 5.45. The van der Waals surface area contributed by atoms with Gasteiger partial charge in [0.05, 0.1) is 30.8 Å². The van der Waals surface area contributed by atoms with Gasteiger partial charge in [0.2, 0.25) is 0 Å². The number of hydrogen-bond donors (Lipinski definition) is 1. The number of piperidine rings is 1. The molecule has 9 heteroatoms. The average Bonchev–Trinajstić information content (AvgIpc) is 3.47. The quantitative estimate of drug-likeness (QED) is 0.535. The maximum Gasteiger partial charge on any atom is 0.272 e. The van der Waals surface area contributed by atoms with Crippen LogP contribution in [0.4, 0.5) is 8.78 Å². The third kappa shape index (κ3) is 5.94. The summed E-state index contributed by atoms with van der Waals surface area (Å²) in [6, 6.07) is 11.1. The average molecular weight is 490 g/mol. The van der Waals surface area contributed by atoms with Crippen LogP contribution in [-0.2, 0) is 0 Å². The van der Waals surface area contributed by atoms with Crippen molar-refractivity contribution in [2.24, 2.45) is 0 Å². The number of hydrogen-bond acceptors (Lipinski definition) is 4. The standard InChI is InChI=1S/C25H30ClF2N5O/c26-21-9-4-3-8-20(21)23-16-22(31-33(23)19-6-1-2-7-19)24(34)30-18(10-13-29)11-15-32-14-5-12-25(27,28)17-32/h3-4,8-9,16,18-19H,1-2,5-7,10-12,14-15,17H2,(H,30,34). The van der Waals surface area contributed by atoms with Crippen molar-refractivity contribution < 1.29 is 13.6 Å². The Morgan fingerprint density at radius 3 is 2.76 bits per heavy atom. The molecule has 4 rings (SSSR count). The zero-order valence-electron chi connectivity index (χ0n) is 19.2. The molecule has 1 aromatic carbocycles. The second-order valence-corrected chi connectivity index (χ2v) is 9.74. The van der Waals surface area contributed by atoms with Gasteiger partial charge in [-0.2, -0.15) is 10.4 Å². The minimum atomic E-state index is -2.67. The van der Waals surface area contributed by atoms with Crippen molar-refractivity contribution in [3.8, 4) is 17.3 Å². The van der Waals surface area contributed by atoms with Gasteiger partial charge < -0.3 is 5.32 Å². The van der Waals surface area contributed by atoms with Crippen LogP contribution in [0, 0.1) is 11.3 Å². The lowest BCUT2D eigenvalue weighted by atomic mass is 10.1. The Kier molecular flexibility index (Phi) is 7.84. The van der Waals surface area contributed by atoms with E-state index in [2.05, 4.69) is 16.5 Å². The minimum Gasteiger partial charge on any atom is -0.347 e. The topological polar surface area (TPSA) is 74.0 Å². The molecule has 2 heterocycles. The van der Waals surface area contributed by atoms with Gasteiger partial charge in [0.1, 0.15) is 0 Å². The van der Waals surface area contributed by atoms with Crippen LogP contribution in [-0.4, -0.2) is 52.2 Å². The molecule has 1 atom stereocenters. The summed E-state index contributed by atoms with van der Waals surface area (Å²) in [5.74, 6) is -3.04. The van der Waals surface area contributed by atoms with Gasteiger partial charge in [-0.1, -0.05) is 42.6 Å². The molecular formula is C25H30ClF2N5O. The number of aromatic nitrogens is 2. The second kappa shape index (κ2) is 10.8. The number of carbonyl (C=O) groups excluding carboxylic acids is 1. The molecule has 6 nitrogen and oxygen atoms in total. The number of rotatable bonds is 8. The summed E-state index contributed by atoms with van der Waals surface area (Å²) in [4.78, 5) is 14.8. The van der Waals surface area contributed by atoms with Gasteiger partial charge in [-0.15, -0.1) is 0 Å². The molecule has 1 aliphatic carbocycles. The number of likely N-dealkylation sites (tertiary alicyclic amines) is 1. The first kappa shape index (κ1) is 24.6. The molecule has 2 fully saturated rings. The van der Waals surface area contributed by atoms with Crippen molar-refractivity contribution in [1.82, 2.24) is 20.0 Å². The van der Waals surface area contributed by atoms with Crippen LogP contribution in [0.15, 0.2) is 30.3 Å². The summed E-state index contributed by atoms with van der Waals surface area (Å²) in [6.07, 6.45) is 5.13. The monoisotopic (exact) mass is 489 g/mol. The highest BCUT2D eigenvalue weighted by Crippen LogP contribution is 2.36. The van der Waals surface area contributed by atoms with Crippen LogP contribution in [0.1, 0.15) is 67.9 Å². The molecule has 1 aliphatic heterocycles. The van der Waals surface area contributed by atoms with E-state index < -0.39 is 12.0 Å². The van der Waals surface area contributed by atoms with Crippen molar-refractivity contribution in [1.29, 1.82) is 5.26 Å². The molecule has 2 aliphatic rings. The number of carbonyl (C=O) groups is 1. The smallest absolute Gasteiger partial charge is 0.272 e. The van der Waals surface area contributed by atoms with Gasteiger partial charge >= 0.3 is 0 Å². The normalized spacial score (nSPS) is 19.6. The Morgan fingerprint density at radius 1 is 1.29 bits per heavy atom. The fourth-order valence-electron chi connectivity index (χ4n) is 4.97. The van der Waals surface area contributed by atoms with Gasteiger partial charge in [-0.05, 0) is 44.4 Å². The highest BCUT2D eigenvalue weighted by molar-refractivity contribution is 6.33. The zero-order valence-corrected chi connectivity index (χ0v) is 19.9. The van der Waals surface area contributed by atoms with Crippen LogP contribution < -0.4 is 5.32 Å². The second-order valence-electron chi connectivity index (χ2n) is 9.33. The van der Waals surface area contributed by atoms with Crippen molar-refractivity contribution in [3.63, 3.8) is 0 Å². The lowest BCUT2D eigenvalue weighted by Gasteiger charge is -2.33. The molecule has 0 spiro atoms. The zero-order chi connectivity index (χ0) is 24.1. The van der Waals surface area contributed by atoms with Crippen LogP contribution >= 0.6 is 11.6 Å². The lowest BCUT2D eigenvalue weighted by molar-refractivity contribution is -0.0644. The highest BCUT2D eigenvalue weighted by atomic mass is 35.5. The number of nitrogens with zero attached hydrogens (tertiary/aromatic N) is 4. The molecule has 1 N–H and O–H groups in total. The Bertz CT molecular complexity index is 1040. The first-order chi connectivity index (χ1) is 16.4. The van der Waals surface area contributed by atoms with E-state index in [1.54, 1.807) is 11.0 Å². The molecule has 1 aromatic heterocycles. The largest absolute Gasteiger partial charge is 0.347 e. The number of benzene rings is 1. The highest BCUT2D eigenvalue weighted by Gasteiger charge is 2.35. The van der Waals surface area contributed by atoms with E-state index >= 15 is 0 Å². The Hall–Kier alpha value is -2.50. The number of nitriles is 1. The van der Waals surface area contributed by atoms with Gasteiger partial charge in [0.15, 0.2) is 5.69 Å². The maximum absolute atomic E-state index is 13.7. The van der Waals surface area contributed by atoms with E-state index in [0.717, 1.165) is 36.9 Å². The molecule has 1 saturated carbocycles. The summed E-state index contributed by atoms with van der Waals surface area (Å²) in [5, 5.41) is 17.4. The minimum absolute atomic E-state index is 0.0841. The summed E-state index contributed by atoms with van der Waals surface area (Å²) >= 11 is 6.45. The molecule has 182 valence electrons. The van der Waals surface area contributed by atoms with E-state index in [1.807, 2.05) is 28.9 Å². The molecule has 1 saturated heterocycles. The SMILES string of the molecule is N#CCC(CCN1CCCC(F)(F)C1)NC(=O)c1cc(-c2ccccc2Cl)n(C2CCCC2)n1. The van der Waals surface area contributed by atoms with Gasteiger partial charge in [-0.3, -0.25) is 14.4 Å². The van der Waals surface area contributed by atoms with Gasteiger partial charge in [-0.25, -0.2) is 8.78 Å².